The van der Waals surface area contributed by atoms with Crippen LogP contribution >= 0.6 is 0 Å². The molecule has 1 aromatic rings. The first kappa shape index (κ1) is 17.2. The van der Waals surface area contributed by atoms with Crippen LogP contribution in [-0.4, -0.2) is 12.1 Å². The molecule has 0 saturated carbocycles. The number of aryl methyl sites for hydroxylation is 2. The number of fused-ring (bicyclic) bond motifs is 1. The molecule has 116 valence electrons. The van der Waals surface area contributed by atoms with Crippen LogP contribution in [0.3, 0.4) is 0 Å². The number of carbonyl (C=O) groups is 1. The van der Waals surface area contributed by atoms with Crippen LogP contribution in [0.5, 0.6) is 0 Å². The number of anilines is 1. The van der Waals surface area contributed by atoms with Gasteiger partial charge in [0.15, 0.2) is 0 Å². The first-order chi connectivity index (χ1) is 10.1. The van der Waals surface area contributed by atoms with Crippen LogP contribution in [0.2, 0.25) is 0 Å². The van der Waals surface area contributed by atoms with Gasteiger partial charge in [0, 0.05) is 18.3 Å². The van der Waals surface area contributed by atoms with Gasteiger partial charge in [0.2, 0.25) is 5.91 Å². The topological polar surface area (TPSA) is 79.2 Å². The molecule has 3 rings (SSSR count). The zero-order chi connectivity index (χ0) is 15.8. The SMILES string of the molecule is CC.CC1=CNNC1N.Cc1ccc2c(c1)CCC(=O)N2. The van der Waals surface area contributed by atoms with Crippen molar-refractivity contribution in [3.63, 3.8) is 0 Å². The van der Waals surface area contributed by atoms with Crippen molar-refractivity contribution in [2.24, 2.45) is 5.73 Å². The third-order valence-electron chi connectivity index (χ3n) is 3.19. The molecular weight excluding hydrogens is 264 g/mol. The van der Waals surface area contributed by atoms with E-state index in [1.54, 1.807) is 0 Å². The van der Waals surface area contributed by atoms with Crippen LogP contribution in [0.15, 0.2) is 30.0 Å². The highest BCUT2D eigenvalue weighted by Gasteiger charge is 2.13. The van der Waals surface area contributed by atoms with Gasteiger partial charge in [-0.15, -0.1) is 0 Å². The van der Waals surface area contributed by atoms with E-state index in [9.17, 15) is 4.79 Å². The zero-order valence-corrected chi connectivity index (χ0v) is 13.3. The van der Waals surface area contributed by atoms with Crippen LogP contribution < -0.4 is 21.9 Å². The fourth-order valence-corrected chi connectivity index (χ4v) is 1.96. The van der Waals surface area contributed by atoms with E-state index in [0.717, 1.165) is 17.7 Å². The molecule has 0 aromatic heterocycles. The minimum absolute atomic E-state index is 0.0139. The Labute approximate surface area is 127 Å². The lowest BCUT2D eigenvalue weighted by molar-refractivity contribution is -0.116. The largest absolute Gasteiger partial charge is 0.327 e. The molecule has 2 heterocycles. The van der Waals surface area contributed by atoms with Crippen LogP contribution in [0.4, 0.5) is 5.69 Å². The minimum Gasteiger partial charge on any atom is -0.327 e. The lowest BCUT2D eigenvalue weighted by atomic mass is 10.0. The Hall–Kier alpha value is -1.85. The van der Waals surface area contributed by atoms with Gasteiger partial charge in [0.25, 0.3) is 0 Å². The van der Waals surface area contributed by atoms with Crippen LogP contribution in [0, 0.1) is 6.92 Å². The quantitative estimate of drug-likeness (QED) is 0.590. The maximum absolute atomic E-state index is 11.0. The first-order valence-corrected chi connectivity index (χ1v) is 7.39. The molecule has 0 radical (unpaired) electrons. The van der Waals surface area contributed by atoms with E-state index in [1.807, 2.05) is 39.1 Å². The van der Waals surface area contributed by atoms with E-state index in [0.29, 0.717) is 6.42 Å². The Morgan fingerprint density at radius 1 is 1.19 bits per heavy atom. The smallest absolute Gasteiger partial charge is 0.224 e. The fourth-order valence-electron chi connectivity index (χ4n) is 1.96. The van der Waals surface area contributed by atoms with Gasteiger partial charge in [-0.05, 0) is 37.5 Å². The number of rotatable bonds is 0. The fraction of sp³-hybridized carbons (Fsp3) is 0.438. The highest BCUT2D eigenvalue weighted by Crippen LogP contribution is 2.22. The van der Waals surface area contributed by atoms with E-state index in [-0.39, 0.29) is 12.1 Å². The maximum atomic E-state index is 11.0. The normalized spacial score (nSPS) is 18.8. The average Bonchev–Trinajstić information content (AvgIpc) is 2.86. The molecule has 0 bridgehead atoms. The number of hydrazine groups is 1. The standard InChI is InChI=1S/C10H11NO.C4H9N3.C2H6/c1-7-2-4-9-8(6-7)3-5-10(12)11-9;1-3-2-6-7-4(3)5;1-2/h2,4,6H,3,5H2,1H3,(H,11,12);2,4,6-7H,5H2,1H3;1-2H3. The van der Waals surface area contributed by atoms with Gasteiger partial charge in [-0.1, -0.05) is 31.5 Å². The zero-order valence-electron chi connectivity index (χ0n) is 13.3. The van der Waals surface area contributed by atoms with E-state index >= 15 is 0 Å². The van der Waals surface area contributed by atoms with Gasteiger partial charge in [0.05, 0.1) is 6.17 Å². The lowest BCUT2D eigenvalue weighted by Gasteiger charge is -2.16. The van der Waals surface area contributed by atoms with Crippen molar-refractivity contribution in [3.05, 3.63) is 41.1 Å². The number of nitrogens with two attached hydrogens (primary N) is 1. The second-order valence-electron chi connectivity index (χ2n) is 4.86. The van der Waals surface area contributed by atoms with Gasteiger partial charge in [-0.3, -0.25) is 4.79 Å². The summed E-state index contributed by atoms with van der Waals surface area (Å²) in [6.45, 7) is 8.04. The van der Waals surface area contributed by atoms with E-state index in [2.05, 4.69) is 29.2 Å². The summed E-state index contributed by atoms with van der Waals surface area (Å²) in [6, 6.07) is 6.13. The second-order valence-corrected chi connectivity index (χ2v) is 4.86. The van der Waals surface area contributed by atoms with Crippen molar-refractivity contribution < 1.29 is 4.79 Å². The Morgan fingerprint density at radius 3 is 2.43 bits per heavy atom. The molecule has 5 N–H and O–H groups in total. The van der Waals surface area contributed by atoms with Crippen molar-refractivity contribution in [3.8, 4) is 0 Å². The third-order valence-corrected chi connectivity index (χ3v) is 3.19. The Bertz CT molecular complexity index is 511. The van der Waals surface area contributed by atoms with Crippen molar-refractivity contribution in [1.82, 2.24) is 10.9 Å². The monoisotopic (exact) mass is 290 g/mol. The highest BCUT2D eigenvalue weighted by atomic mass is 16.1. The summed E-state index contributed by atoms with van der Waals surface area (Å²) in [5.41, 5.74) is 15.7. The van der Waals surface area contributed by atoms with Gasteiger partial charge in [-0.2, -0.15) is 0 Å². The van der Waals surface area contributed by atoms with Gasteiger partial charge < -0.3 is 16.5 Å². The summed E-state index contributed by atoms with van der Waals surface area (Å²) in [5.74, 6) is 0.131. The maximum Gasteiger partial charge on any atom is 0.224 e. The van der Waals surface area contributed by atoms with Crippen LogP contribution in [-0.2, 0) is 11.2 Å². The Kier molecular flexibility index (Phi) is 6.91. The van der Waals surface area contributed by atoms with Gasteiger partial charge in [-0.25, -0.2) is 5.43 Å². The molecule has 0 spiro atoms. The van der Waals surface area contributed by atoms with E-state index in [1.165, 1.54) is 11.1 Å². The van der Waals surface area contributed by atoms with Gasteiger partial charge >= 0.3 is 0 Å². The molecule has 2 aliphatic heterocycles. The van der Waals surface area contributed by atoms with Crippen molar-refractivity contribution in [2.45, 2.75) is 46.7 Å². The molecule has 0 fully saturated rings. The van der Waals surface area contributed by atoms with Crippen molar-refractivity contribution in [2.75, 3.05) is 5.32 Å². The predicted octanol–water partition coefficient (Wildman–Crippen LogP) is 2.19. The summed E-state index contributed by atoms with van der Waals surface area (Å²) < 4.78 is 0. The number of hydrogen-bond acceptors (Lipinski definition) is 4. The van der Waals surface area contributed by atoms with Crippen molar-refractivity contribution in [1.29, 1.82) is 0 Å². The van der Waals surface area contributed by atoms with E-state index < -0.39 is 0 Å². The summed E-state index contributed by atoms with van der Waals surface area (Å²) in [4.78, 5) is 11.0. The number of hydrogen-bond donors (Lipinski definition) is 4. The molecule has 1 aromatic carbocycles. The predicted molar refractivity (Wildman–Crippen MR) is 87.5 cm³/mol. The highest BCUT2D eigenvalue weighted by molar-refractivity contribution is 5.93. The number of amides is 1. The summed E-state index contributed by atoms with van der Waals surface area (Å²) in [7, 11) is 0. The molecule has 1 amide bonds. The molecule has 5 heteroatoms. The van der Waals surface area contributed by atoms with Crippen molar-refractivity contribution >= 4 is 11.6 Å². The Balaban J connectivity index is 0.000000210. The van der Waals surface area contributed by atoms with Crippen LogP contribution in [0.1, 0.15) is 38.3 Å². The summed E-state index contributed by atoms with van der Waals surface area (Å²) in [5, 5.41) is 2.85. The molecule has 21 heavy (non-hydrogen) atoms. The number of benzene rings is 1. The molecule has 0 saturated heterocycles. The Morgan fingerprint density at radius 2 is 1.90 bits per heavy atom. The minimum atomic E-state index is 0.0139. The number of nitrogens with one attached hydrogen (secondary N) is 3. The lowest BCUT2D eigenvalue weighted by Crippen LogP contribution is -2.38. The molecule has 1 atom stereocenters. The van der Waals surface area contributed by atoms with Crippen LogP contribution in [0.25, 0.3) is 0 Å². The third kappa shape index (κ3) is 5.21. The summed E-state index contributed by atoms with van der Waals surface area (Å²) in [6.07, 6.45) is 3.37. The van der Waals surface area contributed by atoms with E-state index in [4.69, 9.17) is 5.73 Å². The number of carbonyl (C=O) groups excluding carboxylic acids is 1. The molecule has 5 nitrogen and oxygen atoms in total. The molecule has 1 unspecified atom stereocenters. The molecular formula is C16H26N4O. The molecule has 0 aliphatic carbocycles. The van der Waals surface area contributed by atoms with Gasteiger partial charge in [0.1, 0.15) is 0 Å². The average molecular weight is 290 g/mol. The summed E-state index contributed by atoms with van der Waals surface area (Å²) >= 11 is 0. The molecule has 2 aliphatic rings. The first-order valence-electron chi connectivity index (χ1n) is 7.39. The second kappa shape index (κ2) is 8.44.